The van der Waals surface area contributed by atoms with Crippen LogP contribution in [0.4, 0.5) is 4.79 Å². The highest BCUT2D eigenvalue weighted by Crippen LogP contribution is 2.30. The molecule has 2 fully saturated rings. The van der Waals surface area contributed by atoms with Crippen LogP contribution < -0.4 is 10.9 Å². The summed E-state index contributed by atoms with van der Waals surface area (Å²) in [5, 5.41) is 0.554. The lowest BCUT2D eigenvalue weighted by Gasteiger charge is -2.29. The molecule has 2 bridgehead atoms. The van der Waals surface area contributed by atoms with E-state index in [0.717, 1.165) is 4.90 Å². The zero-order valence-corrected chi connectivity index (χ0v) is 13.2. The first-order valence-corrected chi connectivity index (χ1v) is 8.45. The Labute approximate surface area is 132 Å². The Hall–Kier alpha value is -1.92. The molecule has 0 saturated carbocycles. The van der Waals surface area contributed by atoms with Crippen molar-refractivity contribution in [3.8, 4) is 0 Å². The smallest absolute Gasteiger partial charge is 0.309 e. The average molecular weight is 350 g/mol. The Balaban J connectivity index is 1.98. The zero-order chi connectivity index (χ0) is 17.2. The van der Waals surface area contributed by atoms with E-state index in [4.69, 9.17) is 4.55 Å². The second-order valence-electron chi connectivity index (χ2n) is 5.30. The second-order valence-corrected chi connectivity index (χ2v) is 6.30. The van der Waals surface area contributed by atoms with E-state index in [2.05, 4.69) is 15.1 Å². The molecule has 2 aliphatic heterocycles. The van der Waals surface area contributed by atoms with Crippen LogP contribution in [0.2, 0.25) is 0 Å². The highest BCUT2D eigenvalue weighted by molar-refractivity contribution is 7.80. The van der Waals surface area contributed by atoms with E-state index < -0.39 is 34.4 Å². The molecule has 0 aromatic carbocycles. The Morgan fingerprint density at radius 1 is 1.35 bits per heavy atom. The third-order valence-electron chi connectivity index (χ3n) is 3.60. The maximum atomic E-state index is 12.1. The van der Waals surface area contributed by atoms with E-state index in [1.165, 1.54) is 0 Å². The van der Waals surface area contributed by atoms with Crippen molar-refractivity contribution in [2.45, 2.75) is 44.7 Å². The van der Waals surface area contributed by atoms with Gasteiger partial charge in [-0.25, -0.2) is 4.79 Å². The Bertz CT molecular complexity index is 607. The normalized spacial score (nSPS) is 23.8. The van der Waals surface area contributed by atoms with Crippen LogP contribution in [-0.4, -0.2) is 59.4 Å². The van der Waals surface area contributed by atoms with E-state index in [1.54, 1.807) is 0 Å². The second kappa shape index (κ2) is 6.68. The van der Waals surface area contributed by atoms with Gasteiger partial charge in [-0.05, 0) is 19.3 Å². The van der Waals surface area contributed by atoms with Crippen molar-refractivity contribution in [2.75, 3.05) is 6.54 Å². The molecule has 12 heteroatoms. The van der Waals surface area contributed by atoms with Gasteiger partial charge in [-0.2, -0.15) is 13.5 Å². The number of nitrogens with zero attached hydrogens (tertiary/aromatic N) is 2. The number of rotatable bonds is 5. The maximum absolute atomic E-state index is 12.1. The van der Waals surface area contributed by atoms with Gasteiger partial charge >= 0.3 is 16.4 Å². The summed E-state index contributed by atoms with van der Waals surface area (Å²) in [5.41, 5.74) is 4.49. The number of fused-ring (bicyclic) bond motifs is 2. The lowest BCUT2D eigenvalue weighted by atomic mass is 10.0. The van der Waals surface area contributed by atoms with Gasteiger partial charge in [-0.3, -0.25) is 25.0 Å². The molecule has 23 heavy (non-hydrogen) atoms. The summed E-state index contributed by atoms with van der Waals surface area (Å²) < 4.78 is 34.5. The molecule has 2 atom stereocenters. The fraction of sp³-hybridized carbons (Fsp3) is 0.727. The average Bonchev–Trinajstić information content (AvgIpc) is 2.69. The van der Waals surface area contributed by atoms with Crippen LogP contribution in [0.25, 0.3) is 0 Å². The fourth-order valence-corrected chi connectivity index (χ4v) is 3.00. The SMILES string of the molecule is CCCC(=O)NNC(=O)[C@H]1CC[C@H]2CN1C(=O)N2OS(=O)(=O)O. The molecule has 0 aromatic rings. The quantitative estimate of drug-likeness (QED) is 0.423. The van der Waals surface area contributed by atoms with Gasteiger partial charge in [-0.1, -0.05) is 6.92 Å². The van der Waals surface area contributed by atoms with Gasteiger partial charge in [0.1, 0.15) is 6.04 Å². The first kappa shape index (κ1) is 17.4. The number of nitrogens with one attached hydrogen (secondary N) is 2. The van der Waals surface area contributed by atoms with Crippen LogP contribution in [0.15, 0.2) is 0 Å². The minimum Gasteiger partial charge on any atom is -0.309 e. The number of amides is 4. The van der Waals surface area contributed by atoms with Crippen molar-refractivity contribution in [2.24, 2.45) is 0 Å². The van der Waals surface area contributed by atoms with Crippen molar-refractivity contribution in [3.63, 3.8) is 0 Å². The molecule has 2 rings (SSSR count). The molecule has 2 heterocycles. The fourth-order valence-electron chi connectivity index (χ4n) is 2.61. The molecule has 11 nitrogen and oxygen atoms in total. The first-order valence-electron chi connectivity index (χ1n) is 7.08. The van der Waals surface area contributed by atoms with Crippen LogP contribution in [0.1, 0.15) is 32.6 Å². The van der Waals surface area contributed by atoms with Gasteiger partial charge in [0.15, 0.2) is 0 Å². The van der Waals surface area contributed by atoms with E-state index in [0.29, 0.717) is 17.9 Å². The molecule has 130 valence electrons. The minimum atomic E-state index is -4.82. The lowest BCUT2D eigenvalue weighted by Crippen LogP contribution is -2.54. The third kappa shape index (κ3) is 4.09. The number of urea groups is 1. The number of hydrogen-bond acceptors (Lipinski definition) is 6. The lowest BCUT2D eigenvalue weighted by molar-refractivity contribution is -0.131. The summed E-state index contributed by atoms with van der Waals surface area (Å²) in [6.07, 6.45) is 1.47. The minimum absolute atomic E-state index is 0.0926. The summed E-state index contributed by atoms with van der Waals surface area (Å²) in [6.45, 7) is 1.91. The molecule has 3 N–H and O–H groups in total. The Kier molecular flexibility index (Phi) is 5.06. The number of carbonyl (C=O) groups is 3. The predicted molar refractivity (Wildman–Crippen MR) is 74.6 cm³/mol. The number of carbonyl (C=O) groups excluding carboxylic acids is 3. The van der Waals surface area contributed by atoms with Gasteiger partial charge in [0.2, 0.25) is 5.91 Å². The summed E-state index contributed by atoms with van der Waals surface area (Å²) in [4.78, 5) is 36.7. The van der Waals surface area contributed by atoms with E-state index in [1.807, 2.05) is 6.92 Å². The molecule has 0 aromatic heterocycles. The topological polar surface area (TPSA) is 145 Å². The third-order valence-corrected chi connectivity index (χ3v) is 3.95. The number of hydroxylamine groups is 2. The highest BCUT2D eigenvalue weighted by atomic mass is 32.3. The molecular weight excluding hydrogens is 332 g/mol. The van der Waals surface area contributed by atoms with Crippen LogP contribution in [0.5, 0.6) is 0 Å². The van der Waals surface area contributed by atoms with Gasteiger partial charge in [0, 0.05) is 13.0 Å². The van der Waals surface area contributed by atoms with E-state index in [-0.39, 0.29) is 25.3 Å². The highest BCUT2D eigenvalue weighted by Gasteiger charge is 2.49. The predicted octanol–water partition coefficient (Wildman–Crippen LogP) is -1.06. The number of hydrogen-bond donors (Lipinski definition) is 3. The number of piperidine rings is 1. The van der Waals surface area contributed by atoms with Gasteiger partial charge in [0.05, 0.1) is 6.04 Å². The molecule has 0 spiro atoms. The molecular formula is C11H18N4O7S. The van der Waals surface area contributed by atoms with Crippen LogP contribution in [-0.2, 0) is 24.3 Å². The van der Waals surface area contributed by atoms with Crippen molar-refractivity contribution in [3.05, 3.63) is 0 Å². The first-order chi connectivity index (χ1) is 10.7. The van der Waals surface area contributed by atoms with Crippen LogP contribution in [0, 0.1) is 0 Å². The van der Waals surface area contributed by atoms with Crippen molar-refractivity contribution in [1.82, 2.24) is 20.8 Å². The van der Waals surface area contributed by atoms with E-state index in [9.17, 15) is 22.8 Å². The molecule has 0 aliphatic carbocycles. The van der Waals surface area contributed by atoms with Crippen molar-refractivity contribution in [1.29, 1.82) is 0 Å². The van der Waals surface area contributed by atoms with Crippen LogP contribution in [0.3, 0.4) is 0 Å². The summed E-state index contributed by atoms with van der Waals surface area (Å²) in [6, 6.07) is -2.25. The van der Waals surface area contributed by atoms with Gasteiger partial charge in [0.25, 0.3) is 5.91 Å². The standard InChI is InChI=1S/C11H18N4O7S/c1-2-3-9(16)12-13-10(17)8-5-4-7-6-14(8)11(18)15(7)22-23(19,20)21/h7-8H,2-6H2,1H3,(H,12,16)(H,13,17)(H,19,20,21)/t7-,8+/m0/s1. The van der Waals surface area contributed by atoms with Crippen LogP contribution >= 0.6 is 0 Å². The van der Waals surface area contributed by atoms with E-state index >= 15 is 0 Å². The molecule has 0 unspecified atom stereocenters. The number of hydrazine groups is 1. The molecule has 2 aliphatic rings. The summed E-state index contributed by atoms with van der Waals surface area (Å²) >= 11 is 0. The summed E-state index contributed by atoms with van der Waals surface area (Å²) in [7, 11) is -4.82. The van der Waals surface area contributed by atoms with Gasteiger partial charge < -0.3 is 4.90 Å². The largest absolute Gasteiger partial charge is 0.418 e. The van der Waals surface area contributed by atoms with Crippen molar-refractivity contribution >= 4 is 28.2 Å². The summed E-state index contributed by atoms with van der Waals surface area (Å²) in [5.74, 6) is -0.923. The maximum Gasteiger partial charge on any atom is 0.418 e. The molecule has 4 amide bonds. The Morgan fingerprint density at radius 2 is 2.04 bits per heavy atom. The van der Waals surface area contributed by atoms with Gasteiger partial charge in [-0.15, -0.1) is 4.28 Å². The molecule has 0 radical (unpaired) electrons. The zero-order valence-electron chi connectivity index (χ0n) is 12.4. The van der Waals surface area contributed by atoms with Crippen molar-refractivity contribution < 1.29 is 31.6 Å². The Morgan fingerprint density at radius 3 is 2.65 bits per heavy atom. The molecule has 2 saturated heterocycles. The monoisotopic (exact) mass is 350 g/mol.